The van der Waals surface area contributed by atoms with Gasteiger partial charge in [0.15, 0.2) is 0 Å². The second kappa shape index (κ2) is 10.6. The number of hydrogen-bond donors (Lipinski definition) is 0. The number of esters is 1. The third-order valence-electron chi connectivity index (χ3n) is 8.94. The number of rotatable bonds is 6. The molecule has 3 saturated carbocycles. The number of allylic oxidation sites excluding steroid dienone is 6. The van der Waals surface area contributed by atoms with Crippen LogP contribution in [0.1, 0.15) is 92.9 Å². The Balaban J connectivity index is 1.74. The van der Waals surface area contributed by atoms with Gasteiger partial charge in [-0.2, -0.15) is 0 Å². The molecule has 1 unspecified atom stereocenters. The number of hydrogen-bond acceptors (Lipinski definition) is 2. The van der Waals surface area contributed by atoms with Crippen molar-refractivity contribution in [1.82, 2.24) is 0 Å². The lowest BCUT2D eigenvalue weighted by atomic mass is 9.61. The van der Waals surface area contributed by atoms with Crippen molar-refractivity contribution in [3.8, 4) is 0 Å². The van der Waals surface area contributed by atoms with Crippen LogP contribution in [0.5, 0.6) is 0 Å². The average Bonchev–Trinajstić information content (AvgIpc) is 3.09. The largest absolute Gasteiger partial charge is 0.462 e. The maximum atomic E-state index is 11.4. The van der Waals surface area contributed by atoms with E-state index in [1.54, 1.807) is 5.57 Å². The third kappa shape index (κ3) is 5.67. The van der Waals surface area contributed by atoms with Crippen LogP contribution in [0.3, 0.4) is 0 Å². The first kappa shape index (κ1) is 25.1. The molecule has 3 fully saturated rings. The van der Waals surface area contributed by atoms with E-state index in [0.717, 1.165) is 25.2 Å². The van der Waals surface area contributed by atoms with E-state index in [1.807, 2.05) is 0 Å². The van der Waals surface area contributed by atoms with Crippen LogP contribution in [0.4, 0.5) is 0 Å². The monoisotopic (exact) mass is 438 g/mol. The van der Waals surface area contributed by atoms with Crippen LogP contribution in [0.15, 0.2) is 47.6 Å². The van der Waals surface area contributed by atoms with Crippen LogP contribution in [-0.4, -0.2) is 12.1 Å². The molecule has 178 valence electrons. The Kier molecular flexibility index (Phi) is 8.28. The summed E-state index contributed by atoms with van der Waals surface area (Å²) in [7, 11) is 0. The van der Waals surface area contributed by atoms with Crippen LogP contribution in [0.2, 0.25) is 0 Å². The molecule has 2 nitrogen and oxygen atoms in total. The number of fused-ring (bicyclic) bond motifs is 1. The van der Waals surface area contributed by atoms with Crippen molar-refractivity contribution < 1.29 is 9.53 Å². The molecule has 0 spiro atoms. The molecule has 0 aromatic carbocycles. The molecule has 3 aliphatic carbocycles. The highest BCUT2D eigenvalue weighted by Crippen LogP contribution is 2.59. The zero-order valence-corrected chi connectivity index (χ0v) is 21.5. The van der Waals surface area contributed by atoms with Crippen molar-refractivity contribution in [2.24, 2.45) is 35.0 Å². The van der Waals surface area contributed by atoms with Crippen molar-refractivity contribution >= 4 is 5.97 Å². The van der Waals surface area contributed by atoms with Gasteiger partial charge in [-0.1, -0.05) is 76.6 Å². The van der Waals surface area contributed by atoms with Gasteiger partial charge in [-0.05, 0) is 85.5 Å². The molecule has 0 N–H and O–H groups in total. The number of carbonyl (C=O) groups is 1. The van der Waals surface area contributed by atoms with E-state index in [4.69, 9.17) is 4.74 Å². The molecule has 0 aromatic rings. The fraction of sp³-hybridized carbons (Fsp3) is 0.700. The Bertz CT molecular complexity index is 783. The molecule has 2 heteroatoms. The van der Waals surface area contributed by atoms with Gasteiger partial charge in [-0.15, -0.1) is 0 Å². The topological polar surface area (TPSA) is 26.3 Å². The minimum absolute atomic E-state index is 0.0102. The van der Waals surface area contributed by atoms with Gasteiger partial charge in [0.1, 0.15) is 6.10 Å². The molecule has 0 saturated heterocycles. The predicted octanol–water partition coefficient (Wildman–Crippen LogP) is 8.21. The maximum Gasteiger partial charge on any atom is 0.302 e. The van der Waals surface area contributed by atoms with Gasteiger partial charge in [-0.3, -0.25) is 4.79 Å². The minimum atomic E-state index is -0.175. The normalized spacial score (nSPS) is 35.5. The van der Waals surface area contributed by atoms with Crippen molar-refractivity contribution in [2.75, 3.05) is 0 Å². The Morgan fingerprint density at radius 3 is 2.53 bits per heavy atom. The van der Waals surface area contributed by atoms with Crippen LogP contribution in [-0.2, 0) is 9.53 Å². The van der Waals surface area contributed by atoms with E-state index in [2.05, 4.69) is 65.5 Å². The fourth-order valence-electron chi connectivity index (χ4n) is 6.57. The lowest BCUT2D eigenvalue weighted by Crippen LogP contribution is -2.35. The number of ether oxygens (including phenoxy) is 1. The van der Waals surface area contributed by atoms with E-state index in [9.17, 15) is 4.79 Å². The smallest absolute Gasteiger partial charge is 0.302 e. The molecule has 0 amide bonds. The summed E-state index contributed by atoms with van der Waals surface area (Å²) in [4.78, 5) is 11.4. The molecule has 0 aliphatic heterocycles. The van der Waals surface area contributed by atoms with Gasteiger partial charge in [-0.25, -0.2) is 0 Å². The molecule has 32 heavy (non-hydrogen) atoms. The molecule has 0 radical (unpaired) electrons. The van der Waals surface area contributed by atoms with Gasteiger partial charge in [0, 0.05) is 13.3 Å². The van der Waals surface area contributed by atoms with Crippen molar-refractivity contribution in [3.63, 3.8) is 0 Å². The fourth-order valence-corrected chi connectivity index (χ4v) is 6.57. The maximum absolute atomic E-state index is 11.4. The lowest BCUT2D eigenvalue weighted by molar-refractivity contribution is -0.146. The molecular weight excluding hydrogens is 392 g/mol. The molecule has 3 aliphatic rings. The van der Waals surface area contributed by atoms with Gasteiger partial charge < -0.3 is 4.74 Å². The van der Waals surface area contributed by atoms with Crippen molar-refractivity contribution in [1.29, 1.82) is 0 Å². The van der Waals surface area contributed by atoms with Gasteiger partial charge in [0.05, 0.1) is 0 Å². The number of carbonyl (C=O) groups excluding carboxylic acids is 1. The first-order valence-electron chi connectivity index (χ1n) is 13.0. The highest BCUT2D eigenvalue weighted by molar-refractivity contribution is 5.66. The standard InChI is InChI=1S/C30H46O2/c1-20(2)21(3)10-11-23(5)28-16-17-29-25(9-8-18-30(28,29)7)13-14-26-19-27(32-24(6)31)15-12-22(26)4/h10-11,13-14,20-21,23,27-29H,4,8-9,12,15-19H2,1-3,5-7H3/b11-10+,25-13+,26-14-/t21-,23+,27-,28+,29?,30+/m0/s1. The molecule has 0 aromatic heterocycles. The molecule has 6 atom stereocenters. The van der Waals surface area contributed by atoms with E-state index < -0.39 is 0 Å². The Morgan fingerprint density at radius 1 is 1.09 bits per heavy atom. The van der Waals surface area contributed by atoms with Crippen LogP contribution >= 0.6 is 0 Å². The minimum Gasteiger partial charge on any atom is -0.462 e. The quantitative estimate of drug-likeness (QED) is 0.308. The third-order valence-corrected chi connectivity index (χ3v) is 8.94. The highest BCUT2D eigenvalue weighted by Gasteiger charge is 2.50. The summed E-state index contributed by atoms with van der Waals surface area (Å²) >= 11 is 0. The average molecular weight is 439 g/mol. The Labute approximate surface area is 197 Å². The zero-order valence-electron chi connectivity index (χ0n) is 21.5. The first-order valence-corrected chi connectivity index (χ1v) is 13.0. The summed E-state index contributed by atoms with van der Waals surface area (Å²) in [6.45, 7) is 17.8. The highest BCUT2D eigenvalue weighted by atomic mass is 16.5. The van der Waals surface area contributed by atoms with Crippen LogP contribution < -0.4 is 0 Å². The Morgan fingerprint density at radius 2 is 1.84 bits per heavy atom. The van der Waals surface area contributed by atoms with E-state index in [-0.39, 0.29) is 12.1 Å². The summed E-state index contributed by atoms with van der Waals surface area (Å²) in [5.41, 5.74) is 4.54. The summed E-state index contributed by atoms with van der Waals surface area (Å²) < 4.78 is 5.49. The predicted molar refractivity (Wildman–Crippen MR) is 135 cm³/mol. The Hall–Kier alpha value is -1.57. The lowest BCUT2D eigenvalue weighted by Gasteiger charge is -2.44. The molecule has 0 heterocycles. The summed E-state index contributed by atoms with van der Waals surface area (Å²) in [6, 6.07) is 0. The second-order valence-corrected chi connectivity index (χ2v) is 11.5. The first-order chi connectivity index (χ1) is 15.1. The van der Waals surface area contributed by atoms with Crippen molar-refractivity contribution in [3.05, 3.63) is 47.6 Å². The molecule has 3 rings (SSSR count). The van der Waals surface area contributed by atoms with E-state index >= 15 is 0 Å². The molecule has 0 bridgehead atoms. The summed E-state index contributed by atoms with van der Waals surface area (Å²) in [6.07, 6.45) is 18.9. The van der Waals surface area contributed by atoms with Crippen LogP contribution in [0.25, 0.3) is 0 Å². The van der Waals surface area contributed by atoms with Gasteiger partial charge in [0.2, 0.25) is 0 Å². The second-order valence-electron chi connectivity index (χ2n) is 11.5. The SMILES string of the molecule is C=C1CC[C@H](OC(C)=O)C/C1=C/C=C1\CCC[C@@]2(C)C1CC[C@@H]2[C@H](C)/C=C/[C@H](C)C(C)C. The zero-order chi connectivity index (χ0) is 23.5. The summed E-state index contributed by atoms with van der Waals surface area (Å²) in [5.74, 6) is 3.31. The van der Waals surface area contributed by atoms with Crippen LogP contribution in [0, 0.1) is 35.0 Å². The molecular formula is C30H46O2. The summed E-state index contributed by atoms with van der Waals surface area (Å²) in [5, 5.41) is 0. The van der Waals surface area contributed by atoms with E-state index in [0.29, 0.717) is 29.1 Å². The van der Waals surface area contributed by atoms with Crippen molar-refractivity contribution in [2.45, 2.75) is 99.0 Å². The van der Waals surface area contributed by atoms with E-state index in [1.165, 1.54) is 50.2 Å². The van der Waals surface area contributed by atoms with Gasteiger partial charge >= 0.3 is 5.97 Å². The van der Waals surface area contributed by atoms with Gasteiger partial charge in [0.25, 0.3) is 0 Å².